The van der Waals surface area contributed by atoms with E-state index in [9.17, 15) is 4.79 Å². The van der Waals surface area contributed by atoms with Gasteiger partial charge in [-0.15, -0.1) is 11.8 Å². The summed E-state index contributed by atoms with van der Waals surface area (Å²) in [7, 11) is 0. The van der Waals surface area contributed by atoms with Gasteiger partial charge in [0.15, 0.2) is 0 Å². The molecule has 1 atom stereocenters. The van der Waals surface area contributed by atoms with Crippen LogP contribution in [0.15, 0.2) is 57.9 Å². The molecule has 0 aliphatic heterocycles. The first-order valence-electron chi connectivity index (χ1n) is 7.35. The van der Waals surface area contributed by atoms with Gasteiger partial charge in [0.05, 0.1) is 11.8 Å². The molecule has 0 saturated carbocycles. The van der Waals surface area contributed by atoms with Crippen molar-refractivity contribution in [1.29, 1.82) is 0 Å². The van der Waals surface area contributed by atoms with Gasteiger partial charge in [0.1, 0.15) is 0 Å². The molecule has 2 aromatic rings. The van der Waals surface area contributed by atoms with Gasteiger partial charge in [-0.3, -0.25) is 4.79 Å². The van der Waals surface area contributed by atoms with Crippen molar-refractivity contribution < 1.29 is 4.79 Å². The summed E-state index contributed by atoms with van der Waals surface area (Å²) < 4.78 is 1.05. The highest BCUT2D eigenvalue weighted by atomic mass is 79.9. The first kappa shape index (κ1) is 17.1. The number of halogens is 1. The van der Waals surface area contributed by atoms with E-state index in [4.69, 9.17) is 0 Å². The molecule has 2 rings (SSSR count). The lowest BCUT2D eigenvalue weighted by molar-refractivity contribution is -0.119. The highest BCUT2D eigenvalue weighted by Crippen LogP contribution is 2.21. The Morgan fingerprint density at radius 3 is 2.36 bits per heavy atom. The van der Waals surface area contributed by atoms with Crippen molar-refractivity contribution in [3.05, 3.63) is 64.1 Å². The molecule has 1 amide bonds. The zero-order valence-corrected chi connectivity index (χ0v) is 15.2. The molecule has 0 aliphatic carbocycles. The summed E-state index contributed by atoms with van der Waals surface area (Å²) in [6.07, 6.45) is 1.03. The molecule has 1 N–H and O–H groups in total. The van der Waals surface area contributed by atoms with Crippen LogP contribution < -0.4 is 5.32 Å². The molecular weight excluding hydrogens is 358 g/mol. The number of amides is 1. The van der Waals surface area contributed by atoms with Crippen LogP contribution in [0.5, 0.6) is 0 Å². The van der Waals surface area contributed by atoms with Crippen LogP contribution in [0.2, 0.25) is 0 Å². The molecule has 0 fully saturated rings. The van der Waals surface area contributed by atoms with Crippen LogP contribution in [0.4, 0.5) is 0 Å². The number of benzene rings is 2. The van der Waals surface area contributed by atoms with E-state index in [-0.39, 0.29) is 11.9 Å². The molecule has 2 nitrogen and oxygen atoms in total. The van der Waals surface area contributed by atoms with Crippen LogP contribution in [-0.4, -0.2) is 11.7 Å². The fraction of sp³-hybridized carbons (Fsp3) is 0.278. The first-order valence-corrected chi connectivity index (χ1v) is 9.13. The molecule has 0 aromatic heterocycles. The van der Waals surface area contributed by atoms with Gasteiger partial charge < -0.3 is 5.32 Å². The number of thioether (sulfide) groups is 1. The quantitative estimate of drug-likeness (QED) is 0.719. The predicted octanol–water partition coefficient (Wildman–Crippen LogP) is 4.98. The monoisotopic (exact) mass is 377 g/mol. The zero-order valence-electron chi connectivity index (χ0n) is 12.8. The number of aryl methyl sites for hydroxylation is 1. The number of hydrogen-bond acceptors (Lipinski definition) is 2. The molecule has 0 bridgehead atoms. The van der Waals surface area contributed by atoms with Gasteiger partial charge in [-0.2, -0.15) is 0 Å². The number of hydrogen-bond donors (Lipinski definition) is 1. The van der Waals surface area contributed by atoms with E-state index >= 15 is 0 Å². The summed E-state index contributed by atoms with van der Waals surface area (Å²) in [4.78, 5) is 13.1. The second-order valence-corrected chi connectivity index (χ2v) is 7.09. The molecule has 0 saturated heterocycles. The lowest BCUT2D eigenvalue weighted by atomic mass is 10.1. The lowest BCUT2D eigenvalue weighted by Crippen LogP contribution is -2.28. The Hall–Kier alpha value is -1.26. The molecule has 0 radical (unpaired) electrons. The SMILES string of the molecule is CCc1ccc(C(C)NC(=O)CSc2ccc(Br)cc2)cc1. The average molecular weight is 378 g/mol. The van der Waals surface area contributed by atoms with Crippen molar-refractivity contribution in [2.24, 2.45) is 0 Å². The maximum atomic E-state index is 12.0. The number of carbonyl (C=O) groups is 1. The largest absolute Gasteiger partial charge is 0.349 e. The standard InChI is InChI=1S/C18H20BrNOS/c1-3-14-4-6-15(7-5-14)13(2)20-18(21)12-22-17-10-8-16(19)9-11-17/h4-11,13H,3,12H2,1-2H3,(H,20,21). The van der Waals surface area contributed by atoms with Crippen LogP contribution >= 0.6 is 27.7 Å². The second kappa shape index (κ2) is 8.39. The second-order valence-electron chi connectivity index (χ2n) is 5.13. The smallest absolute Gasteiger partial charge is 0.230 e. The topological polar surface area (TPSA) is 29.1 Å². The van der Waals surface area contributed by atoms with Crippen molar-refractivity contribution in [2.75, 3.05) is 5.75 Å². The minimum absolute atomic E-state index is 0.0314. The third-order valence-corrected chi connectivity index (χ3v) is 4.99. The van der Waals surface area contributed by atoms with E-state index in [1.165, 1.54) is 5.56 Å². The van der Waals surface area contributed by atoms with Gasteiger partial charge in [0.2, 0.25) is 5.91 Å². The molecule has 2 aromatic carbocycles. The fourth-order valence-electron chi connectivity index (χ4n) is 2.09. The van der Waals surface area contributed by atoms with Crippen LogP contribution in [0.3, 0.4) is 0 Å². The molecule has 22 heavy (non-hydrogen) atoms. The van der Waals surface area contributed by atoms with E-state index in [0.717, 1.165) is 21.4 Å². The van der Waals surface area contributed by atoms with E-state index in [1.807, 2.05) is 31.2 Å². The van der Waals surface area contributed by atoms with Crippen LogP contribution in [0, 0.1) is 0 Å². The lowest BCUT2D eigenvalue weighted by Gasteiger charge is -2.14. The molecule has 0 spiro atoms. The Balaban J connectivity index is 1.83. The summed E-state index contributed by atoms with van der Waals surface area (Å²) in [5, 5.41) is 3.05. The van der Waals surface area contributed by atoms with E-state index < -0.39 is 0 Å². The Kier molecular flexibility index (Phi) is 6.52. The Morgan fingerprint density at radius 1 is 1.14 bits per heavy atom. The highest BCUT2D eigenvalue weighted by molar-refractivity contribution is 9.10. The molecule has 1 unspecified atom stereocenters. The minimum atomic E-state index is 0.0314. The number of carbonyl (C=O) groups excluding carboxylic acids is 1. The first-order chi connectivity index (χ1) is 10.6. The minimum Gasteiger partial charge on any atom is -0.349 e. The van der Waals surface area contributed by atoms with Crippen molar-refractivity contribution in [3.8, 4) is 0 Å². The van der Waals surface area contributed by atoms with Crippen LogP contribution in [0.1, 0.15) is 31.0 Å². The predicted molar refractivity (Wildman–Crippen MR) is 97.2 cm³/mol. The summed E-state index contributed by atoms with van der Waals surface area (Å²) >= 11 is 4.95. The molecule has 116 valence electrons. The van der Waals surface area contributed by atoms with Gasteiger partial charge in [-0.1, -0.05) is 47.1 Å². The summed E-state index contributed by atoms with van der Waals surface area (Å²) in [6, 6.07) is 16.4. The third-order valence-electron chi connectivity index (χ3n) is 3.45. The van der Waals surface area contributed by atoms with Gasteiger partial charge in [0, 0.05) is 9.37 Å². The summed E-state index contributed by atoms with van der Waals surface area (Å²) in [6.45, 7) is 4.16. The highest BCUT2D eigenvalue weighted by Gasteiger charge is 2.10. The van der Waals surface area contributed by atoms with Gasteiger partial charge in [-0.25, -0.2) is 0 Å². The average Bonchev–Trinajstić information content (AvgIpc) is 2.54. The van der Waals surface area contributed by atoms with E-state index in [0.29, 0.717) is 5.75 Å². The Morgan fingerprint density at radius 2 is 1.77 bits per heavy atom. The van der Waals surface area contributed by atoms with Crippen molar-refractivity contribution >= 4 is 33.6 Å². The van der Waals surface area contributed by atoms with Gasteiger partial charge in [0.25, 0.3) is 0 Å². The van der Waals surface area contributed by atoms with Crippen molar-refractivity contribution in [2.45, 2.75) is 31.2 Å². The summed E-state index contributed by atoms with van der Waals surface area (Å²) in [5.41, 5.74) is 2.45. The van der Waals surface area contributed by atoms with Gasteiger partial charge in [-0.05, 0) is 48.7 Å². The van der Waals surface area contributed by atoms with Crippen LogP contribution in [0.25, 0.3) is 0 Å². The van der Waals surface area contributed by atoms with Crippen LogP contribution in [-0.2, 0) is 11.2 Å². The Labute approximate surface area is 144 Å². The molecule has 0 heterocycles. The third kappa shape index (κ3) is 5.18. The number of nitrogens with one attached hydrogen (secondary N) is 1. The molecular formula is C18H20BrNOS. The maximum Gasteiger partial charge on any atom is 0.230 e. The fourth-order valence-corrected chi connectivity index (χ4v) is 3.06. The Bertz CT molecular complexity index is 610. The zero-order chi connectivity index (χ0) is 15.9. The van der Waals surface area contributed by atoms with Crippen molar-refractivity contribution in [1.82, 2.24) is 5.32 Å². The molecule has 4 heteroatoms. The number of rotatable bonds is 6. The normalized spacial score (nSPS) is 12.0. The maximum absolute atomic E-state index is 12.0. The summed E-state index contributed by atoms with van der Waals surface area (Å²) in [5.74, 6) is 0.485. The van der Waals surface area contributed by atoms with E-state index in [2.05, 4.69) is 52.4 Å². The van der Waals surface area contributed by atoms with Gasteiger partial charge >= 0.3 is 0 Å². The van der Waals surface area contributed by atoms with Crippen molar-refractivity contribution in [3.63, 3.8) is 0 Å². The van der Waals surface area contributed by atoms with E-state index in [1.54, 1.807) is 11.8 Å². The molecule has 0 aliphatic rings.